The number of carbonyl (C=O) groups excluding carboxylic acids is 5. The average molecular weight is 870 g/mol. The number of nitrogens with zero attached hydrogens (tertiary/aromatic N) is 3. The van der Waals surface area contributed by atoms with E-state index in [0.29, 0.717) is 47.0 Å². The normalized spacial score (nSPS) is 23.7. The third-order valence-electron chi connectivity index (χ3n) is 11.1. The summed E-state index contributed by atoms with van der Waals surface area (Å²) in [7, 11) is -4.12. The number of anilines is 1. The Labute approximate surface area is 352 Å². The molecule has 3 amide bonds. The summed E-state index contributed by atoms with van der Waals surface area (Å²) >= 11 is 1.24. The summed E-state index contributed by atoms with van der Waals surface area (Å²) in [5, 5.41) is 6.92. The molecule has 1 aromatic carbocycles. The fourth-order valence-corrected chi connectivity index (χ4v) is 10.5. The Morgan fingerprint density at radius 3 is 2.30 bits per heavy atom. The van der Waals surface area contributed by atoms with E-state index in [1.807, 2.05) is 18.3 Å². The van der Waals surface area contributed by atoms with Gasteiger partial charge >= 0.3 is 19.9 Å². The van der Waals surface area contributed by atoms with Crippen molar-refractivity contribution in [2.75, 3.05) is 31.6 Å². The quantitative estimate of drug-likeness (QED) is 0.0973. The molecule has 0 spiro atoms. The highest BCUT2D eigenvalue weighted by Gasteiger charge is 2.51. The highest BCUT2D eigenvalue weighted by Crippen LogP contribution is 2.52. The highest BCUT2D eigenvalue weighted by molar-refractivity contribution is 7.53. The smallest absolute Gasteiger partial charge is 0.432 e. The number of carbonyl (C=O) groups is 5. The van der Waals surface area contributed by atoms with Crippen molar-refractivity contribution in [1.82, 2.24) is 20.5 Å². The lowest BCUT2D eigenvalue weighted by atomic mass is 9.99. The molecule has 17 nitrogen and oxygen atoms in total. The summed E-state index contributed by atoms with van der Waals surface area (Å²) in [6.45, 7) is 6.47. The topological polar surface area (TPSA) is 201 Å². The van der Waals surface area contributed by atoms with Crippen LogP contribution in [0.3, 0.4) is 0 Å². The van der Waals surface area contributed by atoms with Gasteiger partial charge in [0.15, 0.2) is 0 Å². The standard InChI is InChI=1S/C41H52N5O12PS/c1-24(2)57-40(50)53-22-55-59(52,56-23-54-41(51)58-25(3)4)21-26-7-10-35-29(14-26)18-36(60-35)38(48)44-33-17-28-15-27(28)16-31-8-9-34(46(31)39(33)49)37(47)43-30-11-13-45(20-30)32-6-5-12-42-19-32/h5-7,10,12,14,18-19,24-25,27-28,30-31,33-34H,8-9,11,13,15-17,20-23H2,1-4H3,(H,43,47)(H,44,48)/t27-,28+,30+,31+,33-,34-/m0/s1. The maximum Gasteiger partial charge on any atom is 0.510 e. The number of benzene rings is 1. The molecule has 4 aliphatic rings. The van der Waals surface area contributed by atoms with Gasteiger partial charge < -0.3 is 39.4 Å². The number of ether oxygens (including phenoxy) is 4. The predicted octanol–water partition coefficient (Wildman–Crippen LogP) is 6.34. The van der Waals surface area contributed by atoms with Crippen molar-refractivity contribution in [2.24, 2.45) is 11.8 Å². The lowest BCUT2D eigenvalue weighted by molar-refractivity contribution is -0.143. The zero-order valence-electron chi connectivity index (χ0n) is 34.1. The Morgan fingerprint density at radius 1 is 0.900 bits per heavy atom. The molecule has 0 unspecified atom stereocenters. The number of aromatic nitrogens is 1. The Morgan fingerprint density at radius 2 is 1.62 bits per heavy atom. The molecule has 60 heavy (non-hydrogen) atoms. The van der Waals surface area contributed by atoms with Crippen LogP contribution in [0, 0.1) is 11.8 Å². The van der Waals surface area contributed by atoms with E-state index in [9.17, 15) is 28.5 Å². The van der Waals surface area contributed by atoms with Gasteiger partial charge in [0.05, 0.1) is 35.1 Å². The highest BCUT2D eigenvalue weighted by atomic mass is 32.1. The van der Waals surface area contributed by atoms with E-state index in [0.717, 1.165) is 42.6 Å². The summed E-state index contributed by atoms with van der Waals surface area (Å²) < 4.78 is 45.0. The fraction of sp³-hybridized carbons (Fsp3) is 0.561. The summed E-state index contributed by atoms with van der Waals surface area (Å²) in [5.41, 5.74) is 1.50. The van der Waals surface area contributed by atoms with Crippen LogP contribution in [-0.2, 0) is 48.3 Å². The molecule has 1 aliphatic carbocycles. The molecule has 6 atom stereocenters. The molecular formula is C41H52N5O12PS. The van der Waals surface area contributed by atoms with Gasteiger partial charge in [-0.3, -0.25) is 33.0 Å². The molecule has 19 heteroatoms. The van der Waals surface area contributed by atoms with Crippen LogP contribution >= 0.6 is 18.9 Å². The molecule has 3 aliphatic heterocycles. The van der Waals surface area contributed by atoms with Crippen LogP contribution in [0.2, 0.25) is 0 Å². The van der Waals surface area contributed by atoms with E-state index in [1.165, 1.54) is 11.3 Å². The second-order valence-electron chi connectivity index (χ2n) is 16.3. The van der Waals surface area contributed by atoms with E-state index < -0.39 is 63.7 Å². The minimum absolute atomic E-state index is 0.0471. The minimum Gasteiger partial charge on any atom is -0.432 e. The summed E-state index contributed by atoms with van der Waals surface area (Å²) in [5.74, 6) is 0.0305. The summed E-state index contributed by atoms with van der Waals surface area (Å²) in [4.78, 5) is 74.4. The maximum atomic E-state index is 14.4. The maximum absolute atomic E-state index is 14.4. The molecule has 3 saturated heterocycles. The molecular weight excluding hydrogens is 818 g/mol. The van der Waals surface area contributed by atoms with Crippen LogP contribution in [0.25, 0.3) is 10.1 Å². The predicted molar refractivity (Wildman–Crippen MR) is 219 cm³/mol. The van der Waals surface area contributed by atoms with Crippen molar-refractivity contribution in [2.45, 2.75) is 109 Å². The fourth-order valence-electron chi connectivity index (χ4n) is 8.24. The molecule has 0 bridgehead atoms. The molecule has 1 saturated carbocycles. The number of nitrogens with one attached hydrogen (secondary N) is 2. The van der Waals surface area contributed by atoms with Crippen molar-refractivity contribution >= 4 is 64.7 Å². The molecule has 3 aromatic rings. The van der Waals surface area contributed by atoms with Crippen molar-refractivity contribution in [1.29, 1.82) is 0 Å². The van der Waals surface area contributed by atoms with E-state index >= 15 is 0 Å². The molecule has 324 valence electrons. The van der Waals surface area contributed by atoms with Gasteiger partial charge in [-0.1, -0.05) is 6.07 Å². The van der Waals surface area contributed by atoms with Gasteiger partial charge in [-0.15, -0.1) is 11.3 Å². The van der Waals surface area contributed by atoms with Crippen molar-refractivity contribution < 1.29 is 56.5 Å². The molecule has 4 fully saturated rings. The van der Waals surface area contributed by atoms with Gasteiger partial charge in [-0.2, -0.15) is 0 Å². The Hall–Kier alpha value is -4.77. The Balaban J connectivity index is 1.00. The zero-order valence-corrected chi connectivity index (χ0v) is 35.8. The number of thiophene rings is 1. The van der Waals surface area contributed by atoms with E-state index in [1.54, 1.807) is 63.1 Å². The van der Waals surface area contributed by atoms with Crippen LogP contribution in [0.15, 0.2) is 48.8 Å². The van der Waals surface area contributed by atoms with Gasteiger partial charge in [-0.05, 0) is 119 Å². The van der Waals surface area contributed by atoms with Gasteiger partial charge in [0.2, 0.25) is 25.4 Å². The minimum atomic E-state index is -4.12. The lowest BCUT2D eigenvalue weighted by Crippen LogP contribution is -2.57. The monoisotopic (exact) mass is 869 g/mol. The van der Waals surface area contributed by atoms with Gasteiger partial charge in [0.25, 0.3) is 5.91 Å². The van der Waals surface area contributed by atoms with E-state index in [-0.39, 0.29) is 30.1 Å². The first kappa shape index (κ1) is 43.3. The second kappa shape index (κ2) is 18.9. The number of amides is 3. The van der Waals surface area contributed by atoms with Crippen LogP contribution in [0.1, 0.15) is 81.5 Å². The first-order chi connectivity index (χ1) is 28.7. The average Bonchev–Trinajstić information content (AvgIpc) is 3.52. The zero-order chi connectivity index (χ0) is 42.6. The molecule has 0 radical (unpaired) electrons. The molecule has 7 rings (SSSR count). The van der Waals surface area contributed by atoms with Gasteiger partial charge in [-0.25, -0.2) is 9.59 Å². The van der Waals surface area contributed by atoms with Crippen LogP contribution in [0.5, 0.6) is 0 Å². The number of hydrogen-bond donors (Lipinski definition) is 2. The summed E-state index contributed by atoms with van der Waals surface area (Å²) in [6, 6.07) is 9.28. The first-order valence-corrected chi connectivity index (χ1v) is 22.9. The largest absolute Gasteiger partial charge is 0.510 e. The first-order valence-electron chi connectivity index (χ1n) is 20.4. The van der Waals surface area contributed by atoms with Crippen molar-refractivity contribution in [3.8, 4) is 0 Å². The van der Waals surface area contributed by atoms with Crippen molar-refractivity contribution in [3.63, 3.8) is 0 Å². The number of pyridine rings is 1. The van der Waals surface area contributed by atoms with Gasteiger partial charge in [0, 0.05) is 36.1 Å². The second-order valence-corrected chi connectivity index (χ2v) is 19.4. The molecule has 2 N–H and O–H groups in total. The number of hydrogen-bond acceptors (Lipinski definition) is 15. The number of fused-ring (bicyclic) bond motifs is 3. The van der Waals surface area contributed by atoms with E-state index in [4.69, 9.17) is 28.0 Å². The Bertz CT molecular complexity index is 2070. The van der Waals surface area contributed by atoms with Gasteiger partial charge in [0.1, 0.15) is 12.1 Å². The summed E-state index contributed by atoms with van der Waals surface area (Å²) in [6.07, 6.45) is 4.77. The molecule has 2 aromatic heterocycles. The third kappa shape index (κ3) is 10.9. The molecule has 5 heterocycles. The lowest BCUT2D eigenvalue weighted by Gasteiger charge is -2.35. The SMILES string of the molecule is CC(C)OC(=O)OCOP(=O)(Cc1ccc2sc(C(=O)N[C@H]3C[C@H]4C[C@H]4C[C@H]4CC[C@@H](C(=O)N[C@@H]5CCN(c6cccnc6)C5)N4C3=O)cc2c1)OCOC(=O)OC(C)C. The van der Waals surface area contributed by atoms with Crippen molar-refractivity contribution in [3.05, 3.63) is 59.2 Å². The third-order valence-corrected chi connectivity index (χ3v) is 14.0. The Kier molecular flexibility index (Phi) is 13.6. The van der Waals surface area contributed by atoms with Crippen LogP contribution in [0.4, 0.5) is 15.3 Å². The van der Waals surface area contributed by atoms with Crippen LogP contribution < -0.4 is 15.5 Å². The van der Waals surface area contributed by atoms with Crippen LogP contribution in [-0.4, -0.2) is 103 Å². The number of rotatable bonds is 15. The van der Waals surface area contributed by atoms with E-state index in [2.05, 4.69) is 20.5 Å².